The van der Waals surface area contributed by atoms with Crippen molar-refractivity contribution in [2.45, 2.75) is 6.92 Å². The Hall–Kier alpha value is -1.36. The quantitative estimate of drug-likeness (QED) is 0.486. The van der Waals surface area contributed by atoms with E-state index in [0.29, 0.717) is 0 Å². The lowest BCUT2D eigenvalue weighted by Gasteiger charge is -1.96. The van der Waals surface area contributed by atoms with Crippen molar-refractivity contribution in [3.63, 3.8) is 0 Å². The molecule has 5 nitrogen and oxygen atoms in total. The van der Waals surface area contributed by atoms with Gasteiger partial charge in [-0.3, -0.25) is 0 Å². The van der Waals surface area contributed by atoms with Gasteiger partial charge in [-0.25, -0.2) is 9.59 Å². The fourth-order valence-corrected chi connectivity index (χ4v) is 0.456. The van der Waals surface area contributed by atoms with Crippen molar-refractivity contribution in [1.82, 2.24) is 6.15 Å². The number of methoxy groups -OCH3 is 2. The predicted octanol–water partition coefficient (Wildman–Crippen LogP) is 0.441. The highest BCUT2D eigenvalue weighted by Crippen LogP contribution is 1.95. The van der Waals surface area contributed by atoms with Crippen LogP contribution in [0.5, 0.6) is 0 Å². The van der Waals surface area contributed by atoms with Gasteiger partial charge in [-0.15, -0.1) is 0 Å². The van der Waals surface area contributed by atoms with E-state index in [1.807, 2.05) is 0 Å². The molecule has 0 bridgehead atoms. The van der Waals surface area contributed by atoms with Crippen LogP contribution in [-0.4, -0.2) is 26.2 Å². The van der Waals surface area contributed by atoms with Gasteiger partial charge in [0.15, 0.2) is 0 Å². The summed E-state index contributed by atoms with van der Waals surface area (Å²) in [6.07, 6.45) is 1.08. The molecule has 0 radical (unpaired) electrons. The fraction of sp³-hybridized carbons (Fsp3) is 0.429. The molecule has 70 valence electrons. The highest BCUT2D eigenvalue weighted by molar-refractivity contribution is 5.95. The van der Waals surface area contributed by atoms with Crippen molar-refractivity contribution < 1.29 is 19.1 Å². The van der Waals surface area contributed by atoms with Gasteiger partial charge in [0.1, 0.15) is 0 Å². The van der Waals surface area contributed by atoms with Crippen LogP contribution < -0.4 is 6.15 Å². The SMILES string of the molecule is COC(=O)/C=C(\C)C(=O)OC.N. The number of ether oxygens (including phenoxy) is 2. The summed E-state index contributed by atoms with van der Waals surface area (Å²) < 4.78 is 8.63. The number of carbonyl (C=O) groups is 2. The van der Waals surface area contributed by atoms with Crippen LogP contribution >= 0.6 is 0 Å². The van der Waals surface area contributed by atoms with E-state index in [9.17, 15) is 9.59 Å². The molecule has 0 aromatic heterocycles. The highest BCUT2D eigenvalue weighted by atomic mass is 16.5. The molecule has 12 heavy (non-hydrogen) atoms. The standard InChI is InChI=1S/C7H10O4.H3N/c1-5(7(9)11-3)4-6(8)10-2;/h4H,1-3H3;1H3/b5-4+;. The van der Waals surface area contributed by atoms with Crippen molar-refractivity contribution in [1.29, 1.82) is 0 Å². The van der Waals surface area contributed by atoms with Gasteiger partial charge in [0, 0.05) is 11.6 Å². The summed E-state index contributed by atoms with van der Waals surface area (Å²) >= 11 is 0. The van der Waals surface area contributed by atoms with Crippen LogP contribution in [-0.2, 0) is 19.1 Å². The molecule has 0 saturated carbocycles. The minimum atomic E-state index is -0.562. The number of rotatable bonds is 2. The Morgan fingerprint density at radius 3 is 2.00 bits per heavy atom. The lowest BCUT2D eigenvalue weighted by Crippen LogP contribution is -2.05. The van der Waals surface area contributed by atoms with Crippen molar-refractivity contribution >= 4 is 11.9 Å². The molecule has 0 aromatic rings. The van der Waals surface area contributed by atoms with Crippen LogP contribution in [0.4, 0.5) is 0 Å². The number of esters is 2. The molecule has 0 atom stereocenters. The predicted molar refractivity (Wildman–Crippen MR) is 42.8 cm³/mol. The zero-order valence-corrected chi connectivity index (χ0v) is 7.42. The second kappa shape index (κ2) is 6.36. The first-order chi connectivity index (χ1) is 5.11. The molecular weight excluding hydrogens is 162 g/mol. The Morgan fingerprint density at radius 1 is 1.17 bits per heavy atom. The summed E-state index contributed by atoms with van der Waals surface area (Å²) in [6.45, 7) is 1.47. The minimum absolute atomic E-state index is 0. The molecule has 0 saturated heterocycles. The van der Waals surface area contributed by atoms with Gasteiger partial charge in [0.2, 0.25) is 0 Å². The monoisotopic (exact) mass is 175 g/mol. The fourth-order valence-electron chi connectivity index (χ4n) is 0.456. The van der Waals surface area contributed by atoms with E-state index in [0.717, 1.165) is 6.08 Å². The summed E-state index contributed by atoms with van der Waals surface area (Å²) in [6, 6.07) is 0. The van der Waals surface area contributed by atoms with E-state index < -0.39 is 11.9 Å². The van der Waals surface area contributed by atoms with Crippen LogP contribution in [0.15, 0.2) is 11.6 Å². The molecule has 0 spiro atoms. The average molecular weight is 175 g/mol. The highest BCUT2D eigenvalue weighted by Gasteiger charge is 2.05. The van der Waals surface area contributed by atoms with Gasteiger partial charge in [-0.2, -0.15) is 0 Å². The largest absolute Gasteiger partial charge is 0.466 e. The maximum atomic E-state index is 10.7. The first kappa shape index (κ1) is 13.2. The molecule has 0 aliphatic carbocycles. The van der Waals surface area contributed by atoms with E-state index in [1.165, 1.54) is 21.1 Å². The molecule has 0 aliphatic rings. The smallest absolute Gasteiger partial charge is 0.333 e. The minimum Gasteiger partial charge on any atom is -0.466 e. The van der Waals surface area contributed by atoms with Gasteiger partial charge in [-0.1, -0.05) is 0 Å². The third-order valence-electron chi connectivity index (χ3n) is 1.04. The topological polar surface area (TPSA) is 87.6 Å². The van der Waals surface area contributed by atoms with Gasteiger partial charge in [-0.05, 0) is 6.92 Å². The lowest BCUT2D eigenvalue weighted by molar-refractivity contribution is -0.138. The summed E-state index contributed by atoms with van der Waals surface area (Å²) in [5.74, 6) is -1.09. The second-order valence-corrected chi connectivity index (χ2v) is 1.84. The summed E-state index contributed by atoms with van der Waals surface area (Å²) in [5, 5.41) is 0. The number of carbonyl (C=O) groups excluding carboxylic acids is 2. The number of hydrogen-bond acceptors (Lipinski definition) is 5. The Morgan fingerprint density at radius 2 is 1.67 bits per heavy atom. The van der Waals surface area contributed by atoms with Gasteiger partial charge < -0.3 is 15.6 Å². The molecule has 0 heterocycles. The van der Waals surface area contributed by atoms with Gasteiger partial charge >= 0.3 is 11.9 Å². The van der Waals surface area contributed by atoms with E-state index in [2.05, 4.69) is 9.47 Å². The molecule has 0 rings (SSSR count). The van der Waals surface area contributed by atoms with Crippen LogP contribution in [0.3, 0.4) is 0 Å². The molecular formula is C7H13NO4. The molecule has 5 heteroatoms. The van der Waals surface area contributed by atoms with Crippen LogP contribution in [0.2, 0.25) is 0 Å². The Labute approximate surface area is 70.9 Å². The maximum absolute atomic E-state index is 10.7. The summed E-state index contributed by atoms with van der Waals surface area (Å²) in [5.41, 5.74) is 0.222. The zero-order chi connectivity index (χ0) is 8.85. The van der Waals surface area contributed by atoms with E-state index >= 15 is 0 Å². The van der Waals surface area contributed by atoms with E-state index in [1.54, 1.807) is 0 Å². The third-order valence-corrected chi connectivity index (χ3v) is 1.04. The van der Waals surface area contributed by atoms with Crippen LogP contribution in [0.1, 0.15) is 6.92 Å². The van der Waals surface area contributed by atoms with Gasteiger partial charge in [0.05, 0.1) is 14.2 Å². The molecule has 0 unspecified atom stereocenters. The normalized spacial score (nSPS) is 9.75. The molecule has 0 amide bonds. The average Bonchev–Trinajstić information content (AvgIpc) is 2.02. The van der Waals surface area contributed by atoms with E-state index in [-0.39, 0.29) is 11.7 Å². The molecule has 0 aromatic carbocycles. The first-order valence-electron chi connectivity index (χ1n) is 2.96. The third kappa shape index (κ3) is 4.45. The van der Waals surface area contributed by atoms with Gasteiger partial charge in [0.25, 0.3) is 0 Å². The molecule has 0 aliphatic heterocycles. The maximum Gasteiger partial charge on any atom is 0.333 e. The molecule has 3 N–H and O–H groups in total. The lowest BCUT2D eigenvalue weighted by atomic mass is 10.3. The van der Waals surface area contributed by atoms with Crippen LogP contribution in [0.25, 0.3) is 0 Å². The van der Waals surface area contributed by atoms with Crippen molar-refractivity contribution in [3.8, 4) is 0 Å². The summed E-state index contributed by atoms with van der Waals surface area (Å²) in [4.78, 5) is 21.2. The first-order valence-corrected chi connectivity index (χ1v) is 2.96. The Balaban J connectivity index is 0. The van der Waals surface area contributed by atoms with Crippen molar-refractivity contribution in [2.24, 2.45) is 0 Å². The Kier molecular flexibility index (Phi) is 7.02. The van der Waals surface area contributed by atoms with Crippen LogP contribution in [0, 0.1) is 0 Å². The number of hydrogen-bond donors (Lipinski definition) is 1. The summed E-state index contributed by atoms with van der Waals surface area (Å²) in [7, 11) is 2.49. The van der Waals surface area contributed by atoms with Crippen molar-refractivity contribution in [3.05, 3.63) is 11.6 Å². The van der Waals surface area contributed by atoms with E-state index in [4.69, 9.17) is 0 Å². The van der Waals surface area contributed by atoms with Crippen molar-refractivity contribution in [2.75, 3.05) is 14.2 Å². The second-order valence-electron chi connectivity index (χ2n) is 1.84. The Bertz CT molecular complexity index is 198. The molecule has 0 fully saturated rings. The zero-order valence-electron chi connectivity index (χ0n) is 7.42.